The molecular weight excluding hydrogens is 401 g/mol. The van der Waals surface area contributed by atoms with Crippen molar-refractivity contribution >= 4 is 5.97 Å². The molecule has 4 rings (SSSR count). The summed E-state index contributed by atoms with van der Waals surface area (Å²) in [7, 11) is 0. The summed E-state index contributed by atoms with van der Waals surface area (Å²) in [6.45, 7) is 2.23. The molecule has 0 bridgehead atoms. The Labute approximate surface area is 193 Å². The zero-order valence-corrected chi connectivity index (χ0v) is 19.7. The number of halogens is 1. The van der Waals surface area contributed by atoms with Crippen LogP contribution < -0.4 is 0 Å². The van der Waals surface area contributed by atoms with Crippen molar-refractivity contribution in [3.63, 3.8) is 0 Å². The highest BCUT2D eigenvalue weighted by Crippen LogP contribution is 2.44. The van der Waals surface area contributed by atoms with Crippen LogP contribution in [0.3, 0.4) is 0 Å². The van der Waals surface area contributed by atoms with Crippen molar-refractivity contribution in [2.45, 2.75) is 102 Å². The molecule has 0 spiro atoms. The molecule has 4 heteroatoms. The lowest BCUT2D eigenvalue weighted by atomic mass is 9.69. The number of benzene rings is 1. The van der Waals surface area contributed by atoms with Crippen molar-refractivity contribution in [1.82, 2.24) is 4.90 Å². The van der Waals surface area contributed by atoms with E-state index in [0.717, 1.165) is 49.8 Å². The lowest BCUT2D eigenvalue weighted by molar-refractivity contribution is -0.138. The average molecular weight is 444 g/mol. The van der Waals surface area contributed by atoms with Crippen molar-refractivity contribution in [1.29, 1.82) is 0 Å². The number of nitrogens with zero attached hydrogens (tertiary/aromatic N) is 1. The van der Waals surface area contributed by atoms with E-state index in [9.17, 15) is 9.90 Å². The first-order valence-electron chi connectivity index (χ1n) is 13.3. The average Bonchev–Trinajstić information content (AvgIpc) is 2.80. The molecule has 3 fully saturated rings. The third kappa shape index (κ3) is 6.12. The summed E-state index contributed by atoms with van der Waals surface area (Å²) in [6, 6.07) is 7.42. The van der Waals surface area contributed by atoms with Gasteiger partial charge in [-0.25, -0.2) is 4.39 Å². The van der Waals surface area contributed by atoms with Gasteiger partial charge in [0.1, 0.15) is 5.82 Å². The maximum absolute atomic E-state index is 15.1. The highest BCUT2D eigenvalue weighted by molar-refractivity contribution is 5.67. The fraction of sp³-hybridized carbons (Fsp3) is 0.750. The number of hydrogen-bond acceptors (Lipinski definition) is 2. The van der Waals surface area contributed by atoms with Gasteiger partial charge in [-0.1, -0.05) is 63.1 Å². The highest BCUT2D eigenvalue weighted by atomic mass is 19.1. The molecule has 178 valence electrons. The number of hydrogen-bond donors (Lipinski definition) is 1. The van der Waals surface area contributed by atoms with E-state index in [1.807, 2.05) is 12.1 Å². The predicted molar refractivity (Wildman–Crippen MR) is 127 cm³/mol. The molecule has 3 nitrogen and oxygen atoms in total. The van der Waals surface area contributed by atoms with Gasteiger partial charge in [0.15, 0.2) is 0 Å². The molecule has 0 unspecified atom stereocenters. The van der Waals surface area contributed by atoms with Gasteiger partial charge in [0.05, 0.1) is 0 Å². The normalized spacial score (nSPS) is 28.1. The Balaban J connectivity index is 1.62. The molecule has 1 aromatic carbocycles. The Hall–Kier alpha value is -1.42. The quantitative estimate of drug-likeness (QED) is 0.469. The molecule has 0 aliphatic heterocycles. The van der Waals surface area contributed by atoms with Gasteiger partial charge in [0.25, 0.3) is 0 Å². The largest absolute Gasteiger partial charge is 0.481 e. The monoisotopic (exact) mass is 443 g/mol. The van der Waals surface area contributed by atoms with Crippen molar-refractivity contribution in [3.05, 3.63) is 35.6 Å². The van der Waals surface area contributed by atoms with Gasteiger partial charge in [0.2, 0.25) is 0 Å². The van der Waals surface area contributed by atoms with Crippen LogP contribution in [0.15, 0.2) is 24.3 Å². The van der Waals surface area contributed by atoms with Crippen LogP contribution in [-0.2, 0) is 4.79 Å². The van der Waals surface area contributed by atoms with E-state index in [2.05, 4.69) is 4.90 Å². The molecule has 0 radical (unpaired) electrons. The topological polar surface area (TPSA) is 40.5 Å². The maximum atomic E-state index is 15.1. The van der Waals surface area contributed by atoms with E-state index in [1.54, 1.807) is 12.1 Å². The molecule has 1 aromatic rings. The molecule has 0 amide bonds. The summed E-state index contributed by atoms with van der Waals surface area (Å²) in [5.41, 5.74) is 0.751. The summed E-state index contributed by atoms with van der Waals surface area (Å²) in [6.07, 6.45) is 16.5. The third-order valence-electron chi connectivity index (χ3n) is 8.60. The Kier molecular flexibility index (Phi) is 8.62. The molecule has 3 aliphatic rings. The Morgan fingerprint density at radius 1 is 0.844 bits per heavy atom. The lowest BCUT2D eigenvalue weighted by Crippen LogP contribution is -2.49. The Morgan fingerprint density at radius 3 is 2.00 bits per heavy atom. The van der Waals surface area contributed by atoms with Crippen molar-refractivity contribution in [2.24, 2.45) is 17.8 Å². The molecule has 3 aliphatic carbocycles. The van der Waals surface area contributed by atoms with Crippen LogP contribution in [-0.4, -0.2) is 35.1 Å². The van der Waals surface area contributed by atoms with Gasteiger partial charge < -0.3 is 5.11 Å². The smallest absolute Gasteiger partial charge is 0.303 e. The number of rotatable bonds is 8. The summed E-state index contributed by atoms with van der Waals surface area (Å²) < 4.78 is 15.1. The van der Waals surface area contributed by atoms with Crippen LogP contribution in [0, 0.1) is 23.6 Å². The minimum absolute atomic E-state index is 0.0170. The van der Waals surface area contributed by atoms with Gasteiger partial charge in [-0.05, 0) is 67.9 Å². The van der Waals surface area contributed by atoms with E-state index in [-0.39, 0.29) is 30.1 Å². The first-order valence-corrected chi connectivity index (χ1v) is 13.3. The Morgan fingerprint density at radius 2 is 1.44 bits per heavy atom. The molecule has 1 N–H and O–H groups in total. The Bertz CT molecular complexity index is 706. The fourth-order valence-electron chi connectivity index (χ4n) is 7.08. The molecular formula is C28H42FNO2. The zero-order chi connectivity index (χ0) is 22.3. The third-order valence-corrected chi connectivity index (χ3v) is 8.60. The zero-order valence-electron chi connectivity index (χ0n) is 19.7. The summed E-state index contributed by atoms with van der Waals surface area (Å²) in [5.74, 6) is 0.580. The van der Waals surface area contributed by atoms with Crippen LogP contribution in [0.5, 0.6) is 0 Å². The van der Waals surface area contributed by atoms with Crippen molar-refractivity contribution in [3.8, 4) is 0 Å². The molecule has 0 heterocycles. The van der Waals surface area contributed by atoms with Crippen LogP contribution in [0.25, 0.3) is 0 Å². The van der Waals surface area contributed by atoms with Gasteiger partial charge >= 0.3 is 5.97 Å². The molecule has 0 saturated heterocycles. The predicted octanol–water partition coefficient (Wildman–Crippen LogP) is 7.02. The maximum Gasteiger partial charge on any atom is 0.303 e. The van der Waals surface area contributed by atoms with E-state index in [1.165, 1.54) is 64.2 Å². The second-order valence-corrected chi connectivity index (χ2v) is 10.9. The van der Waals surface area contributed by atoms with E-state index >= 15 is 4.39 Å². The van der Waals surface area contributed by atoms with Crippen molar-refractivity contribution in [2.75, 3.05) is 13.1 Å². The lowest BCUT2D eigenvalue weighted by Gasteiger charge is -2.47. The first kappa shape index (κ1) is 23.7. The van der Waals surface area contributed by atoms with Gasteiger partial charge in [-0.15, -0.1) is 0 Å². The van der Waals surface area contributed by atoms with E-state index < -0.39 is 5.97 Å². The SMILES string of the molecule is O=C(O)C[C@H]1CCC[C@@H](N(CC2CCCCC2)CC2CCCCC2)[C@@H]1c1ccccc1F. The number of aliphatic carboxylic acids is 1. The van der Waals surface area contributed by atoms with E-state index in [0.29, 0.717) is 0 Å². The van der Waals surface area contributed by atoms with Gasteiger partial charge in [0, 0.05) is 31.5 Å². The molecule has 3 atom stereocenters. The van der Waals surface area contributed by atoms with Crippen LogP contribution in [0.2, 0.25) is 0 Å². The fourth-order valence-corrected chi connectivity index (χ4v) is 7.08. The molecule has 3 saturated carbocycles. The highest BCUT2D eigenvalue weighted by Gasteiger charge is 2.40. The first-order chi connectivity index (χ1) is 15.6. The number of carbonyl (C=O) groups is 1. The van der Waals surface area contributed by atoms with Crippen LogP contribution >= 0.6 is 0 Å². The van der Waals surface area contributed by atoms with Crippen LogP contribution in [0.4, 0.5) is 4.39 Å². The van der Waals surface area contributed by atoms with Gasteiger partial charge in [-0.2, -0.15) is 0 Å². The summed E-state index contributed by atoms with van der Waals surface area (Å²) in [5, 5.41) is 9.64. The summed E-state index contributed by atoms with van der Waals surface area (Å²) in [4.78, 5) is 14.5. The van der Waals surface area contributed by atoms with Crippen LogP contribution in [0.1, 0.15) is 101 Å². The van der Waals surface area contributed by atoms with Gasteiger partial charge in [-0.3, -0.25) is 9.69 Å². The van der Waals surface area contributed by atoms with Crippen molar-refractivity contribution < 1.29 is 14.3 Å². The minimum atomic E-state index is -0.747. The molecule has 32 heavy (non-hydrogen) atoms. The standard InChI is InChI=1S/C28H42FNO2/c29-25-16-8-7-15-24(25)28-23(18-27(31)32)14-9-17-26(28)30(19-21-10-3-1-4-11-21)20-22-12-5-2-6-13-22/h7-8,15-16,21-23,26,28H,1-6,9-14,17-20H2,(H,31,32)/t23-,26-,28+/m1/s1. The van der Waals surface area contributed by atoms with E-state index in [4.69, 9.17) is 0 Å². The second-order valence-electron chi connectivity index (χ2n) is 10.9. The minimum Gasteiger partial charge on any atom is -0.481 e. The number of carboxylic acid groups (broad SMARTS) is 1. The second kappa shape index (κ2) is 11.6. The number of carboxylic acids is 1. The summed E-state index contributed by atoms with van der Waals surface area (Å²) >= 11 is 0. The molecule has 0 aromatic heterocycles.